The van der Waals surface area contributed by atoms with Crippen molar-refractivity contribution < 1.29 is 0 Å². The number of nitrogens with one attached hydrogen (secondary N) is 1. The van der Waals surface area contributed by atoms with Gasteiger partial charge in [-0.05, 0) is 37.6 Å². The lowest BCUT2D eigenvalue weighted by atomic mass is 9.76. The lowest BCUT2D eigenvalue weighted by molar-refractivity contribution is 0.204. The standard InChI is InChI=1S/C17H30ClN3/c1-4-10-21-17(15(18)12-20-21)16(19-6-3)14-9-7-8-13(5-2)11-14/h12-14,16,19H,4-11H2,1-3H3. The molecule has 1 aromatic rings. The van der Waals surface area contributed by atoms with E-state index in [2.05, 4.69) is 35.9 Å². The van der Waals surface area contributed by atoms with Gasteiger partial charge in [-0.3, -0.25) is 4.68 Å². The number of aromatic nitrogens is 2. The molecule has 1 heterocycles. The molecule has 1 fully saturated rings. The van der Waals surface area contributed by atoms with E-state index in [9.17, 15) is 0 Å². The molecule has 0 radical (unpaired) electrons. The first-order valence-corrected chi connectivity index (χ1v) is 9.03. The number of hydrogen-bond donors (Lipinski definition) is 1. The maximum absolute atomic E-state index is 6.48. The van der Waals surface area contributed by atoms with Gasteiger partial charge in [0.1, 0.15) is 0 Å². The molecule has 0 aliphatic heterocycles. The van der Waals surface area contributed by atoms with Crippen LogP contribution in [0.4, 0.5) is 0 Å². The summed E-state index contributed by atoms with van der Waals surface area (Å²) in [6.45, 7) is 8.62. The fourth-order valence-electron chi connectivity index (χ4n) is 3.78. The van der Waals surface area contributed by atoms with Crippen LogP contribution in [0.5, 0.6) is 0 Å². The highest BCUT2D eigenvalue weighted by Gasteiger charge is 2.31. The van der Waals surface area contributed by atoms with Gasteiger partial charge in [0, 0.05) is 6.54 Å². The average Bonchev–Trinajstić information content (AvgIpc) is 2.86. The van der Waals surface area contributed by atoms with Crippen molar-refractivity contribution in [3.8, 4) is 0 Å². The van der Waals surface area contributed by atoms with Crippen molar-refractivity contribution in [1.29, 1.82) is 0 Å². The number of halogens is 1. The molecule has 3 unspecified atom stereocenters. The van der Waals surface area contributed by atoms with Crippen LogP contribution < -0.4 is 5.32 Å². The Bertz CT molecular complexity index is 430. The van der Waals surface area contributed by atoms with Crippen LogP contribution in [0.1, 0.15) is 71.0 Å². The summed E-state index contributed by atoms with van der Waals surface area (Å²) in [5, 5.41) is 9.01. The van der Waals surface area contributed by atoms with E-state index in [1.807, 2.05) is 6.20 Å². The highest BCUT2D eigenvalue weighted by atomic mass is 35.5. The summed E-state index contributed by atoms with van der Waals surface area (Å²) in [5.74, 6) is 1.57. The fourth-order valence-corrected chi connectivity index (χ4v) is 4.04. The minimum Gasteiger partial charge on any atom is -0.309 e. The molecule has 0 saturated heterocycles. The molecule has 120 valence electrons. The Morgan fingerprint density at radius 2 is 2.19 bits per heavy atom. The maximum atomic E-state index is 6.48. The van der Waals surface area contributed by atoms with Crippen LogP contribution in [-0.4, -0.2) is 16.3 Å². The topological polar surface area (TPSA) is 29.9 Å². The Morgan fingerprint density at radius 3 is 2.86 bits per heavy atom. The Labute approximate surface area is 134 Å². The molecule has 0 amide bonds. The van der Waals surface area contributed by atoms with Gasteiger partial charge in [-0.15, -0.1) is 0 Å². The van der Waals surface area contributed by atoms with Crippen molar-refractivity contribution in [3.05, 3.63) is 16.9 Å². The van der Waals surface area contributed by atoms with Crippen LogP contribution in [0.25, 0.3) is 0 Å². The van der Waals surface area contributed by atoms with Crippen LogP contribution in [-0.2, 0) is 6.54 Å². The number of nitrogens with zero attached hydrogens (tertiary/aromatic N) is 2. The SMILES string of the molecule is CCCn1ncc(Cl)c1C(NCC)C1CCCC(CC)C1. The van der Waals surface area contributed by atoms with Crippen molar-refractivity contribution in [1.82, 2.24) is 15.1 Å². The van der Waals surface area contributed by atoms with E-state index in [0.717, 1.165) is 30.5 Å². The predicted molar refractivity (Wildman–Crippen MR) is 89.7 cm³/mol. The Kier molecular flexibility index (Phi) is 6.56. The van der Waals surface area contributed by atoms with Crippen LogP contribution in [0.3, 0.4) is 0 Å². The van der Waals surface area contributed by atoms with Gasteiger partial charge in [0.25, 0.3) is 0 Å². The second kappa shape index (κ2) is 8.19. The maximum Gasteiger partial charge on any atom is 0.0834 e. The number of hydrogen-bond acceptors (Lipinski definition) is 2. The van der Waals surface area contributed by atoms with Crippen LogP contribution in [0, 0.1) is 11.8 Å². The molecule has 0 bridgehead atoms. The minimum atomic E-state index is 0.353. The monoisotopic (exact) mass is 311 g/mol. The summed E-state index contributed by atoms with van der Waals surface area (Å²) >= 11 is 6.48. The Balaban J connectivity index is 2.23. The second-order valence-corrected chi connectivity index (χ2v) is 6.74. The molecule has 2 rings (SSSR count). The smallest absolute Gasteiger partial charge is 0.0834 e. The first-order valence-electron chi connectivity index (χ1n) is 8.65. The van der Waals surface area contributed by atoms with Crippen LogP contribution in [0.15, 0.2) is 6.20 Å². The third kappa shape index (κ3) is 4.01. The van der Waals surface area contributed by atoms with Crippen molar-refractivity contribution in [2.24, 2.45) is 11.8 Å². The molecule has 3 atom stereocenters. The third-order valence-electron chi connectivity index (χ3n) is 4.86. The normalized spacial score (nSPS) is 24.2. The molecular weight excluding hydrogens is 282 g/mol. The lowest BCUT2D eigenvalue weighted by Crippen LogP contribution is -2.33. The summed E-state index contributed by atoms with van der Waals surface area (Å²) in [4.78, 5) is 0. The second-order valence-electron chi connectivity index (χ2n) is 6.34. The van der Waals surface area contributed by atoms with Gasteiger partial charge in [-0.1, -0.05) is 51.6 Å². The molecule has 0 aromatic carbocycles. The minimum absolute atomic E-state index is 0.353. The van der Waals surface area contributed by atoms with Crippen LogP contribution >= 0.6 is 11.6 Å². The van der Waals surface area contributed by atoms with Crippen molar-refractivity contribution in [2.75, 3.05) is 6.54 Å². The molecule has 1 aliphatic rings. The Morgan fingerprint density at radius 1 is 1.38 bits per heavy atom. The molecule has 4 heteroatoms. The van der Waals surface area contributed by atoms with E-state index in [1.54, 1.807) is 0 Å². The zero-order valence-electron chi connectivity index (χ0n) is 13.7. The zero-order chi connectivity index (χ0) is 15.2. The first-order chi connectivity index (χ1) is 10.2. The van der Waals surface area contributed by atoms with E-state index < -0.39 is 0 Å². The predicted octanol–water partition coefficient (Wildman–Crippen LogP) is 4.81. The molecule has 0 spiro atoms. The van der Waals surface area contributed by atoms with Gasteiger partial charge in [-0.25, -0.2) is 0 Å². The van der Waals surface area contributed by atoms with E-state index in [1.165, 1.54) is 37.8 Å². The van der Waals surface area contributed by atoms with Crippen LogP contribution in [0.2, 0.25) is 5.02 Å². The number of aryl methyl sites for hydroxylation is 1. The lowest BCUT2D eigenvalue weighted by Gasteiger charge is -2.35. The number of rotatable bonds is 7. The summed E-state index contributed by atoms with van der Waals surface area (Å²) in [7, 11) is 0. The van der Waals surface area contributed by atoms with E-state index in [4.69, 9.17) is 11.6 Å². The van der Waals surface area contributed by atoms with E-state index in [0.29, 0.717) is 12.0 Å². The highest BCUT2D eigenvalue weighted by Crippen LogP contribution is 2.40. The van der Waals surface area contributed by atoms with E-state index >= 15 is 0 Å². The van der Waals surface area contributed by atoms with E-state index in [-0.39, 0.29) is 0 Å². The summed E-state index contributed by atoms with van der Waals surface area (Å²) < 4.78 is 2.12. The third-order valence-corrected chi connectivity index (χ3v) is 5.15. The molecule has 1 N–H and O–H groups in total. The molecule has 3 nitrogen and oxygen atoms in total. The highest BCUT2D eigenvalue weighted by molar-refractivity contribution is 6.31. The molecule has 21 heavy (non-hydrogen) atoms. The van der Waals surface area contributed by atoms with Crippen molar-refractivity contribution in [3.63, 3.8) is 0 Å². The quantitative estimate of drug-likeness (QED) is 0.783. The fraction of sp³-hybridized carbons (Fsp3) is 0.824. The zero-order valence-corrected chi connectivity index (χ0v) is 14.5. The molecule has 1 aromatic heterocycles. The summed E-state index contributed by atoms with van der Waals surface area (Å²) in [6.07, 6.45) is 9.59. The van der Waals surface area contributed by atoms with Crippen molar-refractivity contribution >= 4 is 11.6 Å². The average molecular weight is 312 g/mol. The van der Waals surface area contributed by atoms with Gasteiger partial charge in [0.2, 0.25) is 0 Å². The van der Waals surface area contributed by atoms with Gasteiger partial charge < -0.3 is 5.32 Å². The summed E-state index contributed by atoms with van der Waals surface area (Å²) in [6, 6.07) is 0.353. The molecular formula is C17H30ClN3. The largest absolute Gasteiger partial charge is 0.309 e. The van der Waals surface area contributed by atoms with Gasteiger partial charge in [-0.2, -0.15) is 5.10 Å². The van der Waals surface area contributed by atoms with Gasteiger partial charge >= 0.3 is 0 Å². The first kappa shape index (κ1) is 16.8. The van der Waals surface area contributed by atoms with Gasteiger partial charge in [0.15, 0.2) is 0 Å². The summed E-state index contributed by atoms with van der Waals surface area (Å²) in [5.41, 5.74) is 1.21. The van der Waals surface area contributed by atoms with Gasteiger partial charge in [0.05, 0.1) is 23.0 Å². The van der Waals surface area contributed by atoms with Crippen molar-refractivity contribution in [2.45, 2.75) is 71.9 Å². The Hall–Kier alpha value is -0.540. The molecule has 1 aliphatic carbocycles. The molecule has 1 saturated carbocycles.